The van der Waals surface area contributed by atoms with Crippen molar-refractivity contribution in [3.05, 3.63) is 35.4 Å². The van der Waals surface area contributed by atoms with Gasteiger partial charge in [0.15, 0.2) is 11.6 Å². The van der Waals surface area contributed by atoms with Crippen LogP contribution in [0.4, 0.5) is 8.78 Å². The average molecular weight is 229 g/mol. The predicted octanol–water partition coefficient (Wildman–Crippen LogP) is 2.60. The second kappa shape index (κ2) is 5.92. The van der Waals surface area contributed by atoms with Crippen molar-refractivity contribution in [3.8, 4) is 0 Å². The Balaban J connectivity index is 2.71. The molecule has 1 rings (SSSR count). The molecule has 1 atom stereocenters. The summed E-state index contributed by atoms with van der Waals surface area (Å²) in [5, 5.41) is 0. The zero-order chi connectivity index (χ0) is 12.1. The van der Waals surface area contributed by atoms with Gasteiger partial charge in [-0.3, -0.25) is 4.90 Å². The van der Waals surface area contributed by atoms with Crippen LogP contribution >= 0.6 is 0 Å². The summed E-state index contributed by atoms with van der Waals surface area (Å²) in [4.78, 5) is 2.02. The Hall–Kier alpha value is -1.00. The minimum Gasteiger partial charge on any atom is -0.383 e. The largest absolute Gasteiger partial charge is 0.383 e. The number of rotatable bonds is 5. The molecule has 0 aliphatic carbocycles. The third kappa shape index (κ3) is 3.25. The quantitative estimate of drug-likeness (QED) is 0.769. The molecule has 0 bridgehead atoms. The lowest BCUT2D eigenvalue weighted by molar-refractivity contribution is 0.143. The summed E-state index contributed by atoms with van der Waals surface area (Å²) in [6.07, 6.45) is 0. The fourth-order valence-electron chi connectivity index (χ4n) is 1.46. The van der Waals surface area contributed by atoms with E-state index in [0.29, 0.717) is 6.61 Å². The molecular formula is C12H17F2NO. The monoisotopic (exact) mass is 229 g/mol. The highest BCUT2D eigenvalue weighted by atomic mass is 19.2. The van der Waals surface area contributed by atoms with Crippen molar-refractivity contribution < 1.29 is 13.5 Å². The molecule has 0 radical (unpaired) electrons. The van der Waals surface area contributed by atoms with E-state index >= 15 is 0 Å². The second-order valence-electron chi connectivity index (χ2n) is 3.82. The van der Waals surface area contributed by atoms with Crippen molar-refractivity contribution in [2.24, 2.45) is 0 Å². The molecule has 0 amide bonds. The van der Waals surface area contributed by atoms with Gasteiger partial charge in [0.1, 0.15) is 0 Å². The van der Waals surface area contributed by atoms with Crippen molar-refractivity contribution >= 4 is 0 Å². The van der Waals surface area contributed by atoms with Crippen molar-refractivity contribution in [2.75, 3.05) is 27.3 Å². The number of likely N-dealkylation sites (N-methyl/N-ethyl adjacent to an activating group) is 1. The van der Waals surface area contributed by atoms with Gasteiger partial charge < -0.3 is 4.74 Å². The van der Waals surface area contributed by atoms with Gasteiger partial charge in [-0.05, 0) is 31.7 Å². The molecule has 4 heteroatoms. The first-order valence-electron chi connectivity index (χ1n) is 5.20. The third-order valence-electron chi connectivity index (χ3n) is 2.74. The van der Waals surface area contributed by atoms with Gasteiger partial charge in [0.25, 0.3) is 0 Å². The minimum absolute atomic E-state index is 0.0326. The maximum Gasteiger partial charge on any atom is 0.159 e. The first-order chi connectivity index (χ1) is 7.56. The molecule has 90 valence electrons. The van der Waals surface area contributed by atoms with Gasteiger partial charge in [-0.25, -0.2) is 8.78 Å². The number of hydrogen-bond donors (Lipinski definition) is 0. The van der Waals surface area contributed by atoms with E-state index in [4.69, 9.17) is 4.74 Å². The van der Waals surface area contributed by atoms with E-state index in [0.717, 1.165) is 18.2 Å². The lowest BCUT2D eigenvalue weighted by atomic mass is 10.1. The molecule has 0 aliphatic heterocycles. The number of benzene rings is 1. The predicted molar refractivity (Wildman–Crippen MR) is 59.3 cm³/mol. The third-order valence-corrected chi connectivity index (χ3v) is 2.74. The Morgan fingerprint density at radius 2 is 2.00 bits per heavy atom. The number of halogens is 2. The summed E-state index contributed by atoms with van der Waals surface area (Å²) in [5.41, 5.74) is 0.762. The smallest absolute Gasteiger partial charge is 0.159 e. The normalized spacial score (nSPS) is 13.1. The van der Waals surface area contributed by atoms with Crippen LogP contribution in [-0.2, 0) is 4.74 Å². The molecule has 1 unspecified atom stereocenters. The van der Waals surface area contributed by atoms with E-state index in [1.165, 1.54) is 6.07 Å². The van der Waals surface area contributed by atoms with Crippen LogP contribution in [0.25, 0.3) is 0 Å². The van der Waals surface area contributed by atoms with Crippen LogP contribution in [0.3, 0.4) is 0 Å². The van der Waals surface area contributed by atoms with Gasteiger partial charge in [0.05, 0.1) is 6.61 Å². The Labute approximate surface area is 94.8 Å². The van der Waals surface area contributed by atoms with Crippen molar-refractivity contribution in [1.29, 1.82) is 0 Å². The summed E-state index contributed by atoms with van der Waals surface area (Å²) in [5.74, 6) is -1.61. The van der Waals surface area contributed by atoms with Crippen LogP contribution in [0.2, 0.25) is 0 Å². The first-order valence-corrected chi connectivity index (χ1v) is 5.20. The highest BCUT2D eigenvalue weighted by Crippen LogP contribution is 2.20. The standard InChI is InChI=1S/C12H17F2NO/c1-9(15(2)6-7-16-3)10-4-5-11(13)12(14)8-10/h4-5,8-9H,6-7H2,1-3H3. The highest BCUT2D eigenvalue weighted by Gasteiger charge is 2.13. The fourth-order valence-corrected chi connectivity index (χ4v) is 1.46. The molecule has 16 heavy (non-hydrogen) atoms. The van der Waals surface area contributed by atoms with Crippen molar-refractivity contribution in [3.63, 3.8) is 0 Å². The summed E-state index contributed by atoms with van der Waals surface area (Å²) in [6.45, 7) is 3.31. The average Bonchev–Trinajstić information content (AvgIpc) is 2.28. The first kappa shape index (κ1) is 13.1. The van der Waals surface area contributed by atoms with E-state index < -0.39 is 11.6 Å². The van der Waals surface area contributed by atoms with Crippen molar-refractivity contribution in [1.82, 2.24) is 4.90 Å². The molecular weight excluding hydrogens is 212 g/mol. The molecule has 0 saturated carbocycles. The summed E-state index contributed by atoms with van der Waals surface area (Å²) in [7, 11) is 3.56. The molecule has 1 aromatic carbocycles. The molecule has 0 fully saturated rings. The van der Waals surface area contributed by atoms with Crippen LogP contribution < -0.4 is 0 Å². The Bertz CT molecular complexity index is 344. The van der Waals surface area contributed by atoms with E-state index in [2.05, 4.69) is 0 Å². The maximum atomic E-state index is 13.0. The second-order valence-corrected chi connectivity index (χ2v) is 3.82. The van der Waals surface area contributed by atoms with E-state index in [1.54, 1.807) is 13.2 Å². The van der Waals surface area contributed by atoms with Crippen LogP contribution in [0.15, 0.2) is 18.2 Å². The highest BCUT2D eigenvalue weighted by molar-refractivity contribution is 5.20. The van der Waals surface area contributed by atoms with Gasteiger partial charge in [0, 0.05) is 19.7 Å². The van der Waals surface area contributed by atoms with Crippen LogP contribution in [0, 0.1) is 11.6 Å². The molecule has 2 nitrogen and oxygen atoms in total. The van der Waals surface area contributed by atoms with Crippen molar-refractivity contribution in [2.45, 2.75) is 13.0 Å². The number of methoxy groups -OCH3 is 1. The Kier molecular flexibility index (Phi) is 4.83. The molecule has 0 aromatic heterocycles. The summed E-state index contributed by atoms with van der Waals surface area (Å²) >= 11 is 0. The molecule has 0 aliphatic rings. The van der Waals surface area contributed by atoms with Gasteiger partial charge in [-0.2, -0.15) is 0 Å². The molecule has 0 saturated heterocycles. The summed E-state index contributed by atoms with van der Waals surface area (Å²) in [6, 6.07) is 4.03. The van der Waals surface area contributed by atoms with Gasteiger partial charge >= 0.3 is 0 Å². The minimum atomic E-state index is -0.810. The number of hydrogen-bond acceptors (Lipinski definition) is 2. The molecule has 0 heterocycles. The van der Waals surface area contributed by atoms with Crippen LogP contribution in [0.5, 0.6) is 0 Å². The van der Waals surface area contributed by atoms with E-state index in [9.17, 15) is 8.78 Å². The lowest BCUT2D eigenvalue weighted by Gasteiger charge is -2.24. The van der Waals surface area contributed by atoms with Gasteiger partial charge in [0.2, 0.25) is 0 Å². The van der Waals surface area contributed by atoms with Crippen LogP contribution in [-0.4, -0.2) is 32.2 Å². The zero-order valence-corrected chi connectivity index (χ0v) is 9.84. The summed E-state index contributed by atoms with van der Waals surface area (Å²) < 4.78 is 30.8. The van der Waals surface area contributed by atoms with Crippen LogP contribution in [0.1, 0.15) is 18.5 Å². The number of nitrogens with zero attached hydrogens (tertiary/aromatic N) is 1. The van der Waals surface area contributed by atoms with Gasteiger partial charge in [-0.15, -0.1) is 0 Å². The topological polar surface area (TPSA) is 12.5 Å². The molecule has 1 aromatic rings. The zero-order valence-electron chi connectivity index (χ0n) is 9.84. The number of ether oxygens (including phenoxy) is 1. The fraction of sp³-hybridized carbons (Fsp3) is 0.500. The Morgan fingerprint density at radius 1 is 1.31 bits per heavy atom. The molecule has 0 spiro atoms. The molecule has 0 N–H and O–H groups in total. The lowest BCUT2D eigenvalue weighted by Crippen LogP contribution is -2.26. The van der Waals surface area contributed by atoms with E-state index in [1.807, 2.05) is 18.9 Å². The Morgan fingerprint density at radius 3 is 2.56 bits per heavy atom. The van der Waals surface area contributed by atoms with E-state index in [-0.39, 0.29) is 6.04 Å². The maximum absolute atomic E-state index is 13.0. The SMILES string of the molecule is COCCN(C)C(C)c1ccc(F)c(F)c1. The van der Waals surface area contributed by atoms with Gasteiger partial charge in [-0.1, -0.05) is 6.07 Å².